The van der Waals surface area contributed by atoms with Crippen LogP contribution in [-0.2, 0) is 25.2 Å². The van der Waals surface area contributed by atoms with E-state index in [2.05, 4.69) is 15.3 Å². The minimum atomic E-state index is -3.62. The van der Waals surface area contributed by atoms with Gasteiger partial charge in [0, 0.05) is 11.1 Å². The van der Waals surface area contributed by atoms with Crippen molar-refractivity contribution in [3.63, 3.8) is 0 Å². The quantitative estimate of drug-likeness (QED) is 0.528. The first-order valence-corrected chi connectivity index (χ1v) is 12.7. The lowest BCUT2D eigenvalue weighted by Crippen LogP contribution is -2.16. The average Bonchev–Trinajstić information content (AvgIpc) is 3.39. The molecule has 2 aliphatic heterocycles. The number of ether oxygens (including phenoxy) is 1. The van der Waals surface area contributed by atoms with Crippen LogP contribution >= 0.6 is 11.8 Å². The van der Waals surface area contributed by atoms with E-state index in [-0.39, 0.29) is 22.9 Å². The molecule has 1 atom stereocenters. The molecule has 8 nitrogen and oxygen atoms in total. The second-order valence-electron chi connectivity index (χ2n) is 7.61. The van der Waals surface area contributed by atoms with Gasteiger partial charge in [0.1, 0.15) is 5.88 Å². The van der Waals surface area contributed by atoms with Gasteiger partial charge in [-0.2, -0.15) is 15.3 Å². The number of thioether (sulfide) groups is 1. The average molecular weight is 469 g/mol. The summed E-state index contributed by atoms with van der Waals surface area (Å²) < 4.78 is 32.8. The fourth-order valence-electron chi connectivity index (χ4n) is 4.03. The number of carbonyl (C=O) groups excluding carboxylic acids is 1. The molecule has 0 bridgehead atoms. The predicted molar refractivity (Wildman–Crippen MR) is 121 cm³/mol. The molecule has 0 radical (unpaired) electrons. The van der Waals surface area contributed by atoms with E-state index in [0.717, 1.165) is 5.56 Å². The normalized spacial score (nSPS) is 20.6. The van der Waals surface area contributed by atoms with Gasteiger partial charge < -0.3 is 4.74 Å². The molecule has 164 valence electrons. The summed E-state index contributed by atoms with van der Waals surface area (Å²) in [7, 11) is -3.62. The molecule has 0 amide bonds. The third kappa shape index (κ3) is 3.25. The topological polar surface area (TPSA) is 103 Å². The van der Waals surface area contributed by atoms with Crippen LogP contribution in [0, 0.1) is 0 Å². The van der Waals surface area contributed by atoms with Crippen LogP contribution in [0.25, 0.3) is 16.9 Å². The molecule has 0 saturated carbocycles. The number of aromatic nitrogens is 2. The van der Waals surface area contributed by atoms with Crippen molar-refractivity contribution in [2.45, 2.75) is 29.4 Å². The molecule has 0 fully saturated rings. The first-order valence-electron chi connectivity index (χ1n) is 10.1. The summed E-state index contributed by atoms with van der Waals surface area (Å²) in [4.78, 5) is 12.4. The van der Waals surface area contributed by atoms with E-state index in [0.29, 0.717) is 28.4 Å². The van der Waals surface area contributed by atoms with Crippen LogP contribution in [0.5, 0.6) is 0 Å². The molecule has 2 aliphatic rings. The lowest BCUT2D eigenvalue weighted by atomic mass is 10.0. The summed E-state index contributed by atoms with van der Waals surface area (Å²) in [5.41, 5.74) is 3.12. The standard InChI is InChI=1S/C22H20N4O4S2/c1-3-30-21(27)19-17-12-32(28,29)18-10-5-4-9-16(18)20(17)26(24-19)15-8-6-7-14(11-15)22(2)25-23-13-31-22/h4-11H,3,12-13H2,1-2H3. The minimum absolute atomic E-state index is 0.0199. The highest BCUT2D eigenvalue weighted by Crippen LogP contribution is 2.44. The molecule has 3 heterocycles. The smallest absolute Gasteiger partial charge is 0.359 e. The molecule has 10 heteroatoms. The van der Waals surface area contributed by atoms with Gasteiger partial charge in [0.05, 0.1) is 28.6 Å². The van der Waals surface area contributed by atoms with Crippen molar-refractivity contribution in [2.24, 2.45) is 10.2 Å². The van der Waals surface area contributed by atoms with Gasteiger partial charge in [-0.15, -0.1) is 0 Å². The summed E-state index contributed by atoms with van der Waals surface area (Å²) in [6.45, 7) is 3.86. The van der Waals surface area contributed by atoms with E-state index < -0.39 is 20.7 Å². The molecular formula is C22H20N4O4S2. The van der Waals surface area contributed by atoms with Crippen LogP contribution in [0.1, 0.15) is 35.5 Å². The Kier molecular flexibility index (Phi) is 4.94. The number of esters is 1. The largest absolute Gasteiger partial charge is 0.461 e. The van der Waals surface area contributed by atoms with Crippen molar-refractivity contribution >= 4 is 27.6 Å². The molecular weight excluding hydrogens is 448 g/mol. The number of carbonyl (C=O) groups is 1. The number of sulfone groups is 1. The van der Waals surface area contributed by atoms with Crippen LogP contribution in [0.3, 0.4) is 0 Å². The van der Waals surface area contributed by atoms with Crippen molar-refractivity contribution in [1.82, 2.24) is 9.78 Å². The van der Waals surface area contributed by atoms with Crippen molar-refractivity contribution in [1.29, 1.82) is 0 Å². The van der Waals surface area contributed by atoms with Crippen LogP contribution in [0.15, 0.2) is 63.7 Å². The van der Waals surface area contributed by atoms with E-state index in [4.69, 9.17) is 4.74 Å². The monoisotopic (exact) mass is 468 g/mol. The fourth-order valence-corrected chi connectivity index (χ4v) is 6.40. The number of hydrogen-bond acceptors (Lipinski definition) is 8. The van der Waals surface area contributed by atoms with Crippen LogP contribution in [0.4, 0.5) is 0 Å². The van der Waals surface area contributed by atoms with Gasteiger partial charge in [-0.3, -0.25) is 0 Å². The Morgan fingerprint density at radius 3 is 2.78 bits per heavy atom. The Balaban J connectivity index is 1.76. The number of rotatable bonds is 4. The maximum absolute atomic E-state index is 13.0. The van der Waals surface area contributed by atoms with Gasteiger partial charge in [0.25, 0.3) is 0 Å². The fraction of sp³-hybridized carbons (Fsp3) is 0.273. The highest BCUT2D eigenvalue weighted by atomic mass is 32.2. The Bertz CT molecular complexity index is 1380. The van der Waals surface area contributed by atoms with Gasteiger partial charge in [0.15, 0.2) is 20.4 Å². The molecule has 3 aromatic rings. The molecule has 0 aliphatic carbocycles. The predicted octanol–water partition coefficient (Wildman–Crippen LogP) is 4.33. The van der Waals surface area contributed by atoms with Crippen molar-refractivity contribution in [3.05, 3.63) is 65.4 Å². The van der Waals surface area contributed by atoms with Gasteiger partial charge in [-0.1, -0.05) is 42.1 Å². The molecule has 5 rings (SSSR count). The van der Waals surface area contributed by atoms with Gasteiger partial charge >= 0.3 is 5.97 Å². The van der Waals surface area contributed by atoms with Gasteiger partial charge in [-0.25, -0.2) is 17.9 Å². The molecule has 32 heavy (non-hydrogen) atoms. The number of hydrogen-bond donors (Lipinski definition) is 0. The molecule has 0 spiro atoms. The molecule has 1 unspecified atom stereocenters. The molecule has 0 saturated heterocycles. The maximum atomic E-state index is 13.0. The summed E-state index contributed by atoms with van der Waals surface area (Å²) in [6.07, 6.45) is 0. The van der Waals surface area contributed by atoms with E-state index >= 15 is 0 Å². The molecule has 0 N–H and O–H groups in total. The number of azo groups is 1. The summed E-state index contributed by atoms with van der Waals surface area (Å²) >= 11 is 1.62. The third-order valence-corrected chi connectivity index (χ3v) is 8.37. The molecule has 1 aromatic heterocycles. The Morgan fingerprint density at radius 2 is 2.03 bits per heavy atom. The second kappa shape index (κ2) is 7.56. The zero-order valence-electron chi connectivity index (χ0n) is 17.5. The summed E-state index contributed by atoms with van der Waals surface area (Å²) in [5, 5.41) is 13.0. The third-order valence-electron chi connectivity index (χ3n) is 5.56. The van der Waals surface area contributed by atoms with Crippen molar-refractivity contribution < 1.29 is 17.9 Å². The number of benzene rings is 2. The zero-order chi connectivity index (χ0) is 22.5. The highest BCUT2D eigenvalue weighted by Gasteiger charge is 2.37. The van der Waals surface area contributed by atoms with E-state index in [9.17, 15) is 13.2 Å². The van der Waals surface area contributed by atoms with Gasteiger partial charge in [-0.05, 0) is 37.6 Å². The number of nitrogens with zero attached hydrogens (tertiary/aromatic N) is 4. The van der Waals surface area contributed by atoms with Crippen LogP contribution in [-0.4, -0.2) is 36.7 Å². The van der Waals surface area contributed by atoms with E-state index in [1.165, 1.54) is 0 Å². The van der Waals surface area contributed by atoms with Gasteiger partial charge in [0.2, 0.25) is 0 Å². The van der Waals surface area contributed by atoms with Crippen molar-refractivity contribution in [3.8, 4) is 16.9 Å². The van der Waals surface area contributed by atoms with E-state index in [1.54, 1.807) is 47.6 Å². The first-order chi connectivity index (χ1) is 15.3. The Hall–Kier alpha value is -2.98. The molecule has 2 aromatic carbocycles. The summed E-state index contributed by atoms with van der Waals surface area (Å²) in [6, 6.07) is 14.5. The SMILES string of the molecule is CCOC(=O)c1nn(-c2cccc(C3(C)N=NCS3)c2)c2c1CS(=O)(=O)c1ccccc1-2. The van der Waals surface area contributed by atoms with Crippen LogP contribution < -0.4 is 0 Å². The minimum Gasteiger partial charge on any atom is -0.461 e. The van der Waals surface area contributed by atoms with Crippen LogP contribution in [0.2, 0.25) is 0 Å². The van der Waals surface area contributed by atoms with Crippen molar-refractivity contribution in [2.75, 3.05) is 12.5 Å². The zero-order valence-corrected chi connectivity index (χ0v) is 19.1. The second-order valence-corrected chi connectivity index (χ2v) is 10.9. The Labute approximate surface area is 189 Å². The highest BCUT2D eigenvalue weighted by molar-refractivity contribution is 8.00. The van der Waals surface area contributed by atoms with E-state index in [1.807, 2.05) is 31.2 Å². The Morgan fingerprint density at radius 1 is 1.22 bits per heavy atom. The number of fused-ring (bicyclic) bond motifs is 3. The summed E-state index contributed by atoms with van der Waals surface area (Å²) in [5.74, 6) is -0.356. The lowest BCUT2D eigenvalue weighted by Gasteiger charge is -2.21. The maximum Gasteiger partial charge on any atom is 0.359 e. The lowest BCUT2D eigenvalue weighted by molar-refractivity contribution is 0.0518. The first kappa shape index (κ1) is 20.9.